The molecule has 0 aliphatic heterocycles. The number of nitrogens with one attached hydrogen (secondary N) is 1. The average molecular weight is 441 g/mol. The summed E-state index contributed by atoms with van der Waals surface area (Å²) < 4.78 is 41.2. The number of carbonyl (C=O) groups excluding carboxylic acids is 2. The Balaban J connectivity index is 1.86. The fourth-order valence-corrected chi connectivity index (χ4v) is 3.36. The van der Waals surface area contributed by atoms with Crippen molar-refractivity contribution < 1.29 is 22.8 Å². The zero-order valence-electron chi connectivity index (χ0n) is 16.5. The number of halogens is 4. The van der Waals surface area contributed by atoms with Gasteiger partial charge in [-0.25, -0.2) is 4.68 Å². The van der Waals surface area contributed by atoms with Gasteiger partial charge in [-0.3, -0.25) is 9.59 Å². The van der Waals surface area contributed by atoms with Crippen LogP contribution in [0.3, 0.4) is 0 Å². The van der Waals surface area contributed by atoms with E-state index < -0.39 is 23.6 Å². The minimum atomic E-state index is -4.59. The highest BCUT2D eigenvalue weighted by Gasteiger charge is 2.43. The molecule has 0 atom stereocenters. The van der Waals surface area contributed by atoms with Gasteiger partial charge >= 0.3 is 6.18 Å². The van der Waals surface area contributed by atoms with Crippen LogP contribution < -0.4 is 5.32 Å². The number of amides is 1. The number of Topliss-reactive ketones (excluding diaryl/α,β-unsaturated/α-hetero) is 1. The normalized spacial score (nSPS) is 14.6. The van der Waals surface area contributed by atoms with Gasteiger partial charge in [-0.2, -0.15) is 18.3 Å². The Kier molecular flexibility index (Phi) is 5.94. The third-order valence-corrected chi connectivity index (χ3v) is 4.86. The molecular formula is C20H20ClF3N4O2. The van der Waals surface area contributed by atoms with E-state index in [1.54, 1.807) is 19.0 Å². The van der Waals surface area contributed by atoms with Crippen LogP contribution in [0.15, 0.2) is 36.0 Å². The lowest BCUT2D eigenvalue weighted by molar-refractivity contribution is -0.142. The smallest absolute Gasteiger partial charge is 0.383 e. The molecular weight excluding hydrogens is 421 g/mol. The number of rotatable bonds is 6. The molecule has 3 rings (SSSR count). The summed E-state index contributed by atoms with van der Waals surface area (Å²) in [4.78, 5) is 25.6. The highest BCUT2D eigenvalue weighted by Crippen LogP contribution is 2.49. The highest BCUT2D eigenvalue weighted by atomic mass is 35.5. The Labute approximate surface area is 176 Å². The van der Waals surface area contributed by atoms with Gasteiger partial charge in [0.1, 0.15) is 5.15 Å². The van der Waals surface area contributed by atoms with E-state index in [4.69, 9.17) is 11.6 Å². The van der Waals surface area contributed by atoms with Gasteiger partial charge in [0, 0.05) is 31.5 Å². The van der Waals surface area contributed by atoms with Crippen LogP contribution in [0.2, 0.25) is 5.15 Å². The van der Waals surface area contributed by atoms with Crippen molar-refractivity contribution in [3.8, 4) is 5.69 Å². The number of nitrogens with zero attached hydrogens (tertiary/aromatic N) is 3. The number of ketones is 1. The predicted molar refractivity (Wildman–Crippen MR) is 107 cm³/mol. The second-order valence-electron chi connectivity index (χ2n) is 7.30. The molecule has 0 bridgehead atoms. The molecule has 1 aliphatic rings. The van der Waals surface area contributed by atoms with Crippen molar-refractivity contribution in [2.45, 2.75) is 31.9 Å². The third kappa shape index (κ3) is 4.67. The van der Waals surface area contributed by atoms with Crippen molar-refractivity contribution in [1.29, 1.82) is 0 Å². The van der Waals surface area contributed by atoms with E-state index in [0.29, 0.717) is 24.2 Å². The minimum absolute atomic E-state index is 0.0249. The Bertz CT molecular complexity index is 1010. The zero-order chi connectivity index (χ0) is 22.2. The first kappa shape index (κ1) is 21.9. The molecule has 1 aromatic heterocycles. The van der Waals surface area contributed by atoms with Crippen molar-refractivity contribution in [2.24, 2.45) is 0 Å². The summed E-state index contributed by atoms with van der Waals surface area (Å²) in [6.07, 6.45) is -1.88. The van der Waals surface area contributed by atoms with E-state index in [1.165, 1.54) is 37.4 Å². The van der Waals surface area contributed by atoms with Crippen molar-refractivity contribution in [2.75, 3.05) is 19.4 Å². The molecule has 1 aromatic carbocycles. The highest BCUT2D eigenvalue weighted by molar-refractivity contribution is 6.30. The van der Waals surface area contributed by atoms with E-state index in [-0.39, 0.29) is 22.2 Å². The number of benzene rings is 1. The third-order valence-electron chi connectivity index (χ3n) is 4.50. The number of carbonyl (C=O) groups is 2. The zero-order valence-corrected chi connectivity index (χ0v) is 17.3. The van der Waals surface area contributed by atoms with Gasteiger partial charge in [-0.1, -0.05) is 11.6 Å². The first-order valence-electron chi connectivity index (χ1n) is 9.15. The summed E-state index contributed by atoms with van der Waals surface area (Å²) in [5.74, 6) is -1.21. The van der Waals surface area contributed by atoms with Crippen LogP contribution in [-0.2, 0) is 15.8 Å². The number of anilines is 1. The van der Waals surface area contributed by atoms with Gasteiger partial charge in [0.15, 0.2) is 11.5 Å². The molecule has 0 saturated heterocycles. The number of hydrogen-bond donors (Lipinski definition) is 1. The summed E-state index contributed by atoms with van der Waals surface area (Å²) in [5, 5.41) is 6.23. The van der Waals surface area contributed by atoms with Crippen LogP contribution in [0.5, 0.6) is 0 Å². The molecule has 10 heteroatoms. The Morgan fingerprint density at radius 1 is 1.23 bits per heavy atom. The molecule has 6 nitrogen and oxygen atoms in total. The van der Waals surface area contributed by atoms with Crippen LogP contribution in [-0.4, -0.2) is 40.5 Å². The van der Waals surface area contributed by atoms with Crippen molar-refractivity contribution >= 4 is 29.0 Å². The largest absolute Gasteiger partial charge is 0.435 e. The predicted octanol–water partition coefficient (Wildman–Crippen LogP) is 4.39. The van der Waals surface area contributed by atoms with Gasteiger partial charge in [0.2, 0.25) is 0 Å². The maximum absolute atomic E-state index is 13.4. The van der Waals surface area contributed by atoms with Crippen LogP contribution in [0, 0.1) is 0 Å². The summed E-state index contributed by atoms with van der Waals surface area (Å²) in [6.45, 7) is 1.29. The molecule has 0 unspecified atom stereocenters. The summed E-state index contributed by atoms with van der Waals surface area (Å²) in [7, 11) is 3.37. The second kappa shape index (κ2) is 8.14. The Hall–Kier alpha value is -2.81. The van der Waals surface area contributed by atoms with Crippen molar-refractivity contribution in [1.82, 2.24) is 14.7 Å². The Morgan fingerprint density at radius 3 is 2.30 bits per heavy atom. The molecule has 0 spiro atoms. The topological polar surface area (TPSA) is 67.2 Å². The summed E-state index contributed by atoms with van der Waals surface area (Å²) >= 11 is 6.24. The number of aromatic nitrogens is 2. The molecule has 30 heavy (non-hydrogen) atoms. The van der Waals surface area contributed by atoms with Gasteiger partial charge in [0.05, 0.1) is 11.3 Å². The van der Waals surface area contributed by atoms with E-state index in [1.807, 2.05) is 0 Å². The molecule has 1 amide bonds. The molecule has 2 aromatic rings. The lowest BCUT2D eigenvalue weighted by atomic mass is 10.1. The van der Waals surface area contributed by atoms with Gasteiger partial charge < -0.3 is 10.2 Å². The van der Waals surface area contributed by atoms with Crippen molar-refractivity contribution in [3.63, 3.8) is 0 Å². The summed E-state index contributed by atoms with van der Waals surface area (Å²) in [5.41, 5.74) is -0.265. The number of hydrogen-bond acceptors (Lipinski definition) is 4. The monoisotopic (exact) mass is 440 g/mol. The van der Waals surface area contributed by atoms with Crippen LogP contribution in [0.25, 0.3) is 5.69 Å². The second-order valence-corrected chi connectivity index (χ2v) is 7.66. The van der Waals surface area contributed by atoms with E-state index in [2.05, 4.69) is 10.4 Å². The van der Waals surface area contributed by atoms with E-state index in [9.17, 15) is 22.8 Å². The minimum Gasteiger partial charge on any atom is -0.383 e. The first-order valence-corrected chi connectivity index (χ1v) is 9.53. The Morgan fingerprint density at radius 2 is 1.83 bits per heavy atom. The van der Waals surface area contributed by atoms with E-state index >= 15 is 0 Å². The number of alkyl halides is 3. The molecule has 1 aliphatic carbocycles. The quantitative estimate of drug-likeness (QED) is 0.411. The fraction of sp³-hybridized carbons (Fsp3) is 0.350. The van der Waals surface area contributed by atoms with Gasteiger partial charge in [-0.05, 0) is 49.9 Å². The molecule has 1 N–H and O–H groups in total. The van der Waals surface area contributed by atoms with E-state index in [0.717, 1.165) is 4.68 Å². The SMILES string of the molecule is CC(=O)/C(=C\N(C)C)C(=O)Nc1ccc(-n2nc(C(F)(F)F)c(C3CC3)c2Cl)cc1. The van der Waals surface area contributed by atoms with Gasteiger partial charge in [0.25, 0.3) is 5.91 Å². The molecule has 160 valence electrons. The molecule has 0 radical (unpaired) electrons. The van der Waals surface area contributed by atoms with Crippen LogP contribution in [0.4, 0.5) is 18.9 Å². The molecule has 1 heterocycles. The van der Waals surface area contributed by atoms with Gasteiger partial charge in [-0.15, -0.1) is 0 Å². The maximum atomic E-state index is 13.4. The maximum Gasteiger partial charge on any atom is 0.435 e. The van der Waals surface area contributed by atoms with Crippen LogP contribution in [0.1, 0.15) is 36.9 Å². The standard InChI is InChI=1S/C20H20ClF3N4O2/c1-11(29)15(10-27(2)3)19(30)25-13-6-8-14(9-7-13)28-18(21)16(12-4-5-12)17(26-28)20(22,23)24/h6-10,12H,4-5H2,1-3H3,(H,25,30)/b15-10+. The average Bonchev–Trinajstić information content (AvgIpc) is 3.41. The first-order chi connectivity index (χ1) is 14.0. The lowest BCUT2D eigenvalue weighted by Crippen LogP contribution is -2.21. The summed E-state index contributed by atoms with van der Waals surface area (Å²) in [6, 6.07) is 5.99. The molecule has 1 fully saturated rings. The lowest BCUT2D eigenvalue weighted by Gasteiger charge is -2.11. The van der Waals surface area contributed by atoms with Crippen molar-refractivity contribution in [3.05, 3.63) is 52.4 Å². The molecule has 1 saturated carbocycles. The van der Waals surface area contributed by atoms with Crippen LogP contribution >= 0.6 is 11.6 Å². The fourth-order valence-electron chi connectivity index (χ4n) is 2.98.